The maximum absolute atomic E-state index is 10.5. The van der Waals surface area contributed by atoms with Crippen LogP contribution in [0.5, 0.6) is 0 Å². The van der Waals surface area contributed by atoms with Gasteiger partial charge in [0.2, 0.25) is 0 Å². The van der Waals surface area contributed by atoms with Crippen LogP contribution in [0.2, 0.25) is 0 Å². The van der Waals surface area contributed by atoms with Gasteiger partial charge in [-0.1, -0.05) is 0 Å². The van der Waals surface area contributed by atoms with Gasteiger partial charge in [0.25, 0.3) is 0 Å². The average Bonchev–Trinajstić information content (AvgIpc) is 2.58. The summed E-state index contributed by atoms with van der Waals surface area (Å²) in [5.41, 5.74) is 2.45. The Morgan fingerprint density at radius 3 is 3.14 bits per heavy atom. The smallest absolute Gasteiger partial charge is 0.305 e. The summed E-state index contributed by atoms with van der Waals surface area (Å²) >= 11 is 0. The van der Waals surface area contributed by atoms with E-state index >= 15 is 0 Å². The molecule has 1 aliphatic carbocycles. The standard InChI is InChI=1S/C10H14N2O2/c1-7(5-10(13)14)12-6-8-3-2-4-9(8)11-12/h6-7H,2-5H2,1H3,(H,13,14). The molecule has 4 nitrogen and oxygen atoms in total. The summed E-state index contributed by atoms with van der Waals surface area (Å²) in [5, 5.41) is 13.0. The molecule has 1 aromatic heterocycles. The van der Waals surface area contributed by atoms with Crippen molar-refractivity contribution in [2.24, 2.45) is 0 Å². The second-order valence-corrected chi connectivity index (χ2v) is 3.88. The SMILES string of the molecule is CC(CC(=O)O)n1cc2c(n1)CCC2. The number of carboxylic acid groups (broad SMARTS) is 1. The summed E-state index contributed by atoms with van der Waals surface area (Å²) in [4.78, 5) is 10.5. The lowest BCUT2D eigenvalue weighted by Gasteiger charge is -2.08. The summed E-state index contributed by atoms with van der Waals surface area (Å²) in [6.45, 7) is 1.89. The van der Waals surface area contributed by atoms with E-state index in [-0.39, 0.29) is 12.5 Å². The van der Waals surface area contributed by atoms with Crippen LogP contribution >= 0.6 is 0 Å². The highest BCUT2D eigenvalue weighted by Crippen LogP contribution is 2.22. The molecule has 1 unspecified atom stereocenters. The third-order valence-electron chi connectivity index (χ3n) is 2.68. The van der Waals surface area contributed by atoms with E-state index in [9.17, 15) is 4.79 Å². The molecular formula is C10H14N2O2. The maximum Gasteiger partial charge on any atom is 0.305 e. The molecule has 1 atom stereocenters. The number of aryl methyl sites for hydroxylation is 2. The van der Waals surface area contributed by atoms with Gasteiger partial charge in [0.05, 0.1) is 18.2 Å². The van der Waals surface area contributed by atoms with Crippen LogP contribution in [-0.4, -0.2) is 20.9 Å². The van der Waals surface area contributed by atoms with Crippen molar-refractivity contribution in [3.05, 3.63) is 17.5 Å². The van der Waals surface area contributed by atoms with Crippen LogP contribution < -0.4 is 0 Å². The van der Waals surface area contributed by atoms with Gasteiger partial charge in [0, 0.05) is 6.20 Å². The lowest BCUT2D eigenvalue weighted by Crippen LogP contribution is -2.11. The zero-order valence-corrected chi connectivity index (χ0v) is 8.23. The van der Waals surface area contributed by atoms with Crippen molar-refractivity contribution in [1.29, 1.82) is 0 Å². The molecule has 0 spiro atoms. The van der Waals surface area contributed by atoms with E-state index in [1.807, 2.05) is 13.1 Å². The normalized spacial score (nSPS) is 16.6. The van der Waals surface area contributed by atoms with Crippen LogP contribution in [0.4, 0.5) is 0 Å². The van der Waals surface area contributed by atoms with E-state index in [0.717, 1.165) is 18.5 Å². The fraction of sp³-hybridized carbons (Fsp3) is 0.600. The van der Waals surface area contributed by atoms with Crippen molar-refractivity contribution in [1.82, 2.24) is 9.78 Å². The van der Waals surface area contributed by atoms with Gasteiger partial charge < -0.3 is 5.11 Å². The van der Waals surface area contributed by atoms with Crippen molar-refractivity contribution in [3.63, 3.8) is 0 Å². The van der Waals surface area contributed by atoms with Crippen LogP contribution in [0.15, 0.2) is 6.20 Å². The Labute approximate surface area is 82.5 Å². The van der Waals surface area contributed by atoms with Crippen LogP contribution in [0.25, 0.3) is 0 Å². The minimum atomic E-state index is -0.770. The summed E-state index contributed by atoms with van der Waals surface area (Å²) in [5.74, 6) is -0.770. The molecule has 0 aromatic carbocycles. The third-order valence-corrected chi connectivity index (χ3v) is 2.68. The number of fused-ring (bicyclic) bond motifs is 1. The third kappa shape index (κ3) is 1.64. The van der Waals surface area contributed by atoms with Gasteiger partial charge in [-0.2, -0.15) is 5.10 Å². The molecule has 0 fully saturated rings. The molecule has 0 aliphatic heterocycles. The minimum Gasteiger partial charge on any atom is -0.481 e. The maximum atomic E-state index is 10.5. The van der Waals surface area contributed by atoms with Gasteiger partial charge >= 0.3 is 5.97 Å². The molecule has 76 valence electrons. The van der Waals surface area contributed by atoms with Crippen molar-refractivity contribution in [2.75, 3.05) is 0 Å². The molecule has 1 aliphatic rings. The van der Waals surface area contributed by atoms with Crippen LogP contribution in [0.1, 0.15) is 37.1 Å². The molecule has 4 heteroatoms. The number of carbonyl (C=O) groups is 1. The average molecular weight is 194 g/mol. The first-order chi connectivity index (χ1) is 6.66. The Hall–Kier alpha value is -1.32. The Morgan fingerprint density at radius 1 is 1.71 bits per heavy atom. The molecule has 0 saturated carbocycles. The van der Waals surface area contributed by atoms with Gasteiger partial charge in [-0.3, -0.25) is 9.48 Å². The number of aromatic nitrogens is 2. The fourth-order valence-electron chi connectivity index (χ4n) is 1.90. The van der Waals surface area contributed by atoms with Crippen molar-refractivity contribution in [3.8, 4) is 0 Å². The lowest BCUT2D eigenvalue weighted by molar-refractivity contribution is -0.137. The zero-order valence-electron chi connectivity index (χ0n) is 8.23. The molecule has 1 N–H and O–H groups in total. The predicted molar refractivity (Wildman–Crippen MR) is 51.2 cm³/mol. The van der Waals surface area contributed by atoms with E-state index in [2.05, 4.69) is 5.10 Å². The number of nitrogens with zero attached hydrogens (tertiary/aromatic N) is 2. The van der Waals surface area contributed by atoms with Crippen molar-refractivity contribution in [2.45, 2.75) is 38.6 Å². The van der Waals surface area contributed by atoms with E-state index in [4.69, 9.17) is 5.11 Å². The van der Waals surface area contributed by atoms with Gasteiger partial charge in [0.15, 0.2) is 0 Å². The molecule has 0 bridgehead atoms. The molecule has 14 heavy (non-hydrogen) atoms. The first-order valence-electron chi connectivity index (χ1n) is 4.95. The summed E-state index contributed by atoms with van der Waals surface area (Å²) in [6, 6.07) is -0.0434. The summed E-state index contributed by atoms with van der Waals surface area (Å²) < 4.78 is 1.79. The quantitative estimate of drug-likeness (QED) is 0.791. The second kappa shape index (κ2) is 3.44. The van der Waals surface area contributed by atoms with Crippen LogP contribution in [0, 0.1) is 0 Å². The number of hydrogen-bond acceptors (Lipinski definition) is 2. The largest absolute Gasteiger partial charge is 0.481 e. The number of rotatable bonds is 3. The van der Waals surface area contributed by atoms with Gasteiger partial charge in [-0.25, -0.2) is 0 Å². The molecule has 0 amide bonds. The zero-order chi connectivity index (χ0) is 10.1. The fourth-order valence-corrected chi connectivity index (χ4v) is 1.90. The highest BCUT2D eigenvalue weighted by atomic mass is 16.4. The van der Waals surface area contributed by atoms with Gasteiger partial charge in [-0.15, -0.1) is 0 Å². The Kier molecular flexibility index (Phi) is 2.27. The first-order valence-corrected chi connectivity index (χ1v) is 4.95. The Bertz CT molecular complexity index is 336. The van der Waals surface area contributed by atoms with E-state index in [1.165, 1.54) is 12.0 Å². The topological polar surface area (TPSA) is 55.1 Å². The van der Waals surface area contributed by atoms with Crippen LogP contribution in [-0.2, 0) is 17.6 Å². The second-order valence-electron chi connectivity index (χ2n) is 3.88. The molecule has 1 aromatic rings. The highest BCUT2D eigenvalue weighted by molar-refractivity contribution is 5.67. The number of hydrogen-bond donors (Lipinski definition) is 1. The Balaban J connectivity index is 2.13. The highest BCUT2D eigenvalue weighted by Gasteiger charge is 2.18. The first kappa shape index (κ1) is 9.24. The van der Waals surface area contributed by atoms with Gasteiger partial charge in [-0.05, 0) is 31.7 Å². The van der Waals surface area contributed by atoms with Crippen LogP contribution in [0.3, 0.4) is 0 Å². The minimum absolute atomic E-state index is 0.0434. The monoisotopic (exact) mass is 194 g/mol. The lowest BCUT2D eigenvalue weighted by atomic mass is 10.2. The molecule has 2 rings (SSSR count). The molecule has 1 heterocycles. The number of carboxylic acids is 1. The predicted octanol–water partition coefficient (Wildman–Crippen LogP) is 1.41. The summed E-state index contributed by atoms with van der Waals surface area (Å²) in [6.07, 6.45) is 5.46. The van der Waals surface area contributed by atoms with Crippen molar-refractivity contribution < 1.29 is 9.90 Å². The van der Waals surface area contributed by atoms with Gasteiger partial charge in [0.1, 0.15) is 0 Å². The molecule has 0 radical (unpaired) electrons. The van der Waals surface area contributed by atoms with E-state index < -0.39 is 5.97 Å². The van der Waals surface area contributed by atoms with E-state index in [1.54, 1.807) is 4.68 Å². The Morgan fingerprint density at radius 2 is 2.50 bits per heavy atom. The number of aliphatic carboxylic acids is 1. The summed E-state index contributed by atoms with van der Waals surface area (Å²) in [7, 11) is 0. The molecular weight excluding hydrogens is 180 g/mol. The van der Waals surface area contributed by atoms with Crippen molar-refractivity contribution >= 4 is 5.97 Å². The van der Waals surface area contributed by atoms with E-state index in [0.29, 0.717) is 0 Å². The molecule has 0 saturated heterocycles.